The largest absolute Gasteiger partial charge is 0.496 e. The topological polar surface area (TPSA) is 26.3 Å². The quantitative estimate of drug-likeness (QED) is 0.798. The van der Waals surface area contributed by atoms with Gasteiger partial charge in [0.1, 0.15) is 17.4 Å². The number of carbonyl (C=O) groups is 1. The van der Waals surface area contributed by atoms with Crippen LogP contribution in [-0.2, 0) is 0 Å². The third kappa shape index (κ3) is 2.98. The van der Waals surface area contributed by atoms with Crippen LogP contribution in [0.25, 0.3) is 0 Å². The normalized spacial score (nSPS) is 10.3. The van der Waals surface area contributed by atoms with Crippen molar-refractivity contribution in [2.45, 2.75) is 0 Å². The van der Waals surface area contributed by atoms with Crippen LogP contribution in [0.3, 0.4) is 0 Å². The van der Waals surface area contributed by atoms with E-state index in [1.807, 2.05) is 0 Å². The fraction of sp³-hybridized carbons (Fsp3) is 0.0714. The highest BCUT2D eigenvalue weighted by Crippen LogP contribution is 2.26. The molecule has 0 radical (unpaired) electrons. The number of ketones is 1. The monoisotopic (exact) mass is 326 g/mol. The summed E-state index contributed by atoms with van der Waals surface area (Å²) in [5.74, 6) is -1.45. The fourth-order valence-corrected chi connectivity index (χ4v) is 2.20. The number of rotatable bonds is 3. The third-order valence-corrected chi connectivity index (χ3v) is 3.16. The van der Waals surface area contributed by atoms with Crippen molar-refractivity contribution in [3.05, 3.63) is 63.6 Å². The minimum Gasteiger partial charge on any atom is -0.496 e. The summed E-state index contributed by atoms with van der Waals surface area (Å²) in [5.41, 5.74) is 0.284. The molecule has 0 spiro atoms. The summed E-state index contributed by atoms with van der Waals surface area (Å²) in [6, 6.07) is 7.42. The van der Waals surface area contributed by atoms with Crippen molar-refractivity contribution in [3.63, 3.8) is 0 Å². The van der Waals surface area contributed by atoms with Gasteiger partial charge in [0.15, 0.2) is 5.78 Å². The first kappa shape index (κ1) is 13.7. The maximum absolute atomic E-state index is 13.1. The molecule has 2 rings (SSSR count). The van der Waals surface area contributed by atoms with E-state index in [1.165, 1.54) is 13.2 Å². The van der Waals surface area contributed by atoms with Crippen LogP contribution >= 0.6 is 15.9 Å². The number of halogens is 3. The molecule has 2 aromatic carbocycles. The van der Waals surface area contributed by atoms with Crippen molar-refractivity contribution >= 4 is 21.7 Å². The summed E-state index contributed by atoms with van der Waals surface area (Å²) in [6.07, 6.45) is 0. The molecule has 0 bridgehead atoms. The molecule has 2 nitrogen and oxygen atoms in total. The highest BCUT2D eigenvalue weighted by molar-refractivity contribution is 9.10. The van der Waals surface area contributed by atoms with Crippen molar-refractivity contribution in [3.8, 4) is 5.75 Å². The van der Waals surface area contributed by atoms with E-state index in [0.717, 1.165) is 18.2 Å². The molecule has 5 heteroatoms. The molecular formula is C14H9BrF2O2. The van der Waals surface area contributed by atoms with Crippen molar-refractivity contribution in [2.75, 3.05) is 7.11 Å². The van der Waals surface area contributed by atoms with Gasteiger partial charge >= 0.3 is 0 Å². The van der Waals surface area contributed by atoms with Crippen molar-refractivity contribution in [2.24, 2.45) is 0 Å². The van der Waals surface area contributed by atoms with Crippen LogP contribution in [0.4, 0.5) is 8.78 Å². The van der Waals surface area contributed by atoms with Crippen LogP contribution in [0.2, 0.25) is 0 Å². The lowest BCUT2D eigenvalue weighted by Gasteiger charge is -2.06. The zero-order valence-electron chi connectivity index (χ0n) is 9.91. The van der Waals surface area contributed by atoms with Crippen LogP contribution in [0.5, 0.6) is 5.75 Å². The number of benzene rings is 2. The average Bonchev–Trinajstić information content (AvgIpc) is 2.36. The molecule has 0 saturated heterocycles. The Morgan fingerprint density at radius 1 is 1.05 bits per heavy atom. The Labute approximate surface area is 117 Å². The molecule has 0 unspecified atom stereocenters. The molecular weight excluding hydrogens is 318 g/mol. The second-order valence-corrected chi connectivity index (χ2v) is 4.69. The van der Waals surface area contributed by atoms with Crippen molar-refractivity contribution in [1.82, 2.24) is 0 Å². The number of ether oxygens (including phenoxy) is 1. The van der Waals surface area contributed by atoms with E-state index >= 15 is 0 Å². The van der Waals surface area contributed by atoms with E-state index in [9.17, 15) is 13.6 Å². The van der Waals surface area contributed by atoms with Gasteiger partial charge in [0, 0.05) is 17.2 Å². The first-order valence-corrected chi connectivity index (χ1v) is 6.15. The highest BCUT2D eigenvalue weighted by Gasteiger charge is 2.13. The maximum Gasteiger partial charge on any atom is 0.193 e. The molecule has 0 aliphatic rings. The minimum atomic E-state index is -0.782. The van der Waals surface area contributed by atoms with Gasteiger partial charge in [-0.1, -0.05) is 0 Å². The van der Waals surface area contributed by atoms with Crippen LogP contribution in [-0.4, -0.2) is 12.9 Å². The second kappa shape index (κ2) is 5.48. The Kier molecular flexibility index (Phi) is 3.95. The van der Waals surface area contributed by atoms with Crippen LogP contribution < -0.4 is 4.74 Å². The van der Waals surface area contributed by atoms with E-state index in [-0.39, 0.29) is 5.56 Å². The molecule has 2 aromatic rings. The Balaban J connectivity index is 2.41. The maximum atomic E-state index is 13.1. The number of carbonyl (C=O) groups excluding carboxylic acids is 1. The number of methoxy groups -OCH3 is 1. The Hall–Kier alpha value is -1.75. The van der Waals surface area contributed by atoms with Gasteiger partial charge < -0.3 is 4.74 Å². The zero-order valence-corrected chi connectivity index (χ0v) is 11.5. The Bertz CT molecular complexity index is 621. The van der Waals surface area contributed by atoms with E-state index in [4.69, 9.17) is 4.74 Å². The van der Waals surface area contributed by atoms with Gasteiger partial charge in [-0.05, 0) is 46.3 Å². The lowest BCUT2D eigenvalue weighted by molar-refractivity contribution is 0.103. The molecule has 0 aliphatic carbocycles. The summed E-state index contributed by atoms with van der Waals surface area (Å²) >= 11 is 3.25. The van der Waals surface area contributed by atoms with Gasteiger partial charge in [0.25, 0.3) is 0 Å². The van der Waals surface area contributed by atoms with Gasteiger partial charge in [-0.3, -0.25) is 4.79 Å². The van der Waals surface area contributed by atoms with Crippen LogP contribution in [0.15, 0.2) is 40.9 Å². The minimum absolute atomic E-state index is 0.0328. The molecule has 98 valence electrons. The van der Waals surface area contributed by atoms with E-state index in [0.29, 0.717) is 15.8 Å². The van der Waals surface area contributed by atoms with Crippen molar-refractivity contribution < 1.29 is 18.3 Å². The van der Waals surface area contributed by atoms with E-state index < -0.39 is 17.4 Å². The number of hydrogen-bond donors (Lipinski definition) is 0. The Morgan fingerprint density at radius 2 is 1.68 bits per heavy atom. The van der Waals surface area contributed by atoms with Gasteiger partial charge in [-0.2, -0.15) is 0 Å². The summed E-state index contributed by atoms with van der Waals surface area (Å²) in [5, 5.41) is 0. The first-order chi connectivity index (χ1) is 9.01. The SMILES string of the molecule is COc1ccc(C(=O)c2cc(F)cc(F)c2)cc1Br. The predicted molar refractivity (Wildman–Crippen MR) is 70.5 cm³/mol. The first-order valence-electron chi connectivity index (χ1n) is 5.35. The zero-order chi connectivity index (χ0) is 14.0. The molecule has 19 heavy (non-hydrogen) atoms. The van der Waals surface area contributed by atoms with Gasteiger partial charge in [0.2, 0.25) is 0 Å². The second-order valence-electron chi connectivity index (χ2n) is 3.84. The highest BCUT2D eigenvalue weighted by atomic mass is 79.9. The summed E-state index contributed by atoms with van der Waals surface area (Å²) in [7, 11) is 1.50. The summed E-state index contributed by atoms with van der Waals surface area (Å²) < 4.78 is 31.8. The molecule has 0 heterocycles. The molecule has 0 atom stereocenters. The van der Waals surface area contributed by atoms with Crippen molar-refractivity contribution in [1.29, 1.82) is 0 Å². The average molecular weight is 327 g/mol. The third-order valence-electron chi connectivity index (χ3n) is 2.54. The molecule has 0 N–H and O–H groups in total. The van der Waals surface area contributed by atoms with Gasteiger partial charge in [0.05, 0.1) is 11.6 Å². The number of hydrogen-bond acceptors (Lipinski definition) is 2. The van der Waals surface area contributed by atoms with Gasteiger partial charge in [-0.15, -0.1) is 0 Å². The predicted octanol–water partition coefficient (Wildman–Crippen LogP) is 3.97. The molecule has 0 aromatic heterocycles. The Morgan fingerprint density at radius 3 is 2.21 bits per heavy atom. The lowest BCUT2D eigenvalue weighted by Crippen LogP contribution is -2.03. The molecule has 0 fully saturated rings. The van der Waals surface area contributed by atoms with Gasteiger partial charge in [-0.25, -0.2) is 8.78 Å². The summed E-state index contributed by atoms with van der Waals surface area (Å²) in [6.45, 7) is 0. The van der Waals surface area contributed by atoms with E-state index in [2.05, 4.69) is 15.9 Å². The molecule has 0 saturated carbocycles. The lowest BCUT2D eigenvalue weighted by atomic mass is 10.0. The van der Waals surface area contributed by atoms with Crippen LogP contribution in [0, 0.1) is 11.6 Å². The molecule has 0 amide bonds. The fourth-order valence-electron chi connectivity index (χ4n) is 1.66. The summed E-state index contributed by atoms with van der Waals surface area (Å²) in [4.78, 5) is 12.1. The van der Waals surface area contributed by atoms with E-state index in [1.54, 1.807) is 12.1 Å². The molecule has 0 aliphatic heterocycles. The smallest absolute Gasteiger partial charge is 0.193 e. The standard InChI is InChI=1S/C14H9BrF2O2/c1-19-13-3-2-8(6-12(13)15)14(18)9-4-10(16)7-11(17)5-9/h2-7H,1H3. The van der Waals surface area contributed by atoms with Crippen LogP contribution in [0.1, 0.15) is 15.9 Å².